The standard InChI is InChI=1S/C18H22N2O4.C10H19NO3/c1-18(2,3)24-17(23)19-13-9-6-10-14(13)20-15(21)11-7-4-5-8-12(11)16(20)22;1-10(2,3)14-9(13)11-7-5-4-6-8(7)12/h4-5,7-8,13-14H,6,9-10H2,1-3H3,(H,19,23);7-8,12H,4-6H2,1-3H3,(H,11,13)/t13-,14?;7-,8-/m00/s1. The van der Waals surface area contributed by atoms with E-state index < -0.39 is 29.5 Å². The third kappa shape index (κ3) is 7.69. The normalized spacial score (nSPS) is 24.9. The predicted octanol–water partition coefficient (Wildman–Crippen LogP) is 4.15. The van der Waals surface area contributed by atoms with Crippen LogP contribution in [-0.4, -0.2) is 69.4 Å². The molecule has 10 heteroatoms. The van der Waals surface area contributed by atoms with Gasteiger partial charge in [-0.1, -0.05) is 12.1 Å². The lowest BCUT2D eigenvalue weighted by atomic mass is 10.1. The molecule has 10 nitrogen and oxygen atoms in total. The number of ether oxygens (including phenoxy) is 2. The number of rotatable bonds is 3. The van der Waals surface area contributed by atoms with Crippen LogP contribution in [0.15, 0.2) is 24.3 Å². The number of amides is 4. The Bertz CT molecular complexity index is 1010. The summed E-state index contributed by atoms with van der Waals surface area (Å²) in [6.45, 7) is 10.8. The minimum absolute atomic E-state index is 0.134. The first kappa shape index (κ1) is 29.4. The minimum atomic E-state index is -0.590. The molecule has 3 N–H and O–H groups in total. The molecule has 210 valence electrons. The fraction of sp³-hybridized carbons (Fsp3) is 0.643. The summed E-state index contributed by atoms with van der Waals surface area (Å²) in [5, 5.41) is 15.0. The van der Waals surface area contributed by atoms with Crippen molar-refractivity contribution in [1.29, 1.82) is 0 Å². The molecule has 4 rings (SSSR count). The zero-order valence-electron chi connectivity index (χ0n) is 23.2. The van der Waals surface area contributed by atoms with Gasteiger partial charge in [0.1, 0.15) is 11.2 Å². The maximum Gasteiger partial charge on any atom is 0.407 e. The molecule has 1 heterocycles. The molecule has 4 amide bonds. The Hall–Kier alpha value is -3.14. The average molecular weight is 532 g/mol. The maximum absolute atomic E-state index is 12.6. The summed E-state index contributed by atoms with van der Waals surface area (Å²) in [7, 11) is 0. The van der Waals surface area contributed by atoms with Crippen molar-refractivity contribution in [2.24, 2.45) is 0 Å². The van der Waals surface area contributed by atoms with Gasteiger partial charge in [-0.25, -0.2) is 9.59 Å². The molecule has 1 aromatic rings. The number of aliphatic hydroxyl groups excluding tert-OH is 1. The third-order valence-corrected chi connectivity index (χ3v) is 6.52. The van der Waals surface area contributed by atoms with Crippen molar-refractivity contribution in [3.63, 3.8) is 0 Å². The minimum Gasteiger partial charge on any atom is -0.444 e. The first-order valence-corrected chi connectivity index (χ1v) is 13.3. The Balaban J connectivity index is 0.000000244. The van der Waals surface area contributed by atoms with Crippen LogP contribution in [0.5, 0.6) is 0 Å². The lowest BCUT2D eigenvalue weighted by Gasteiger charge is -2.29. The second kappa shape index (κ2) is 11.7. The van der Waals surface area contributed by atoms with Gasteiger partial charge in [0.15, 0.2) is 0 Å². The number of carbonyl (C=O) groups excluding carboxylic acids is 4. The highest BCUT2D eigenvalue weighted by molar-refractivity contribution is 6.21. The molecular formula is C28H41N3O7. The fourth-order valence-corrected chi connectivity index (χ4v) is 4.95. The molecule has 38 heavy (non-hydrogen) atoms. The van der Waals surface area contributed by atoms with Crippen LogP contribution in [0.4, 0.5) is 9.59 Å². The van der Waals surface area contributed by atoms with Crippen molar-refractivity contribution in [1.82, 2.24) is 15.5 Å². The Morgan fingerprint density at radius 1 is 0.789 bits per heavy atom. The summed E-state index contributed by atoms with van der Waals surface area (Å²) in [5.41, 5.74) is -0.197. The van der Waals surface area contributed by atoms with Gasteiger partial charge in [0.25, 0.3) is 11.8 Å². The Kier molecular flexibility index (Phi) is 9.07. The smallest absolute Gasteiger partial charge is 0.407 e. The zero-order valence-corrected chi connectivity index (χ0v) is 23.2. The van der Waals surface area contributed by atoms with Crippen LogP contribution in [0, 0.1) is 0 Å². The largest absolute Gasteiger partial charge is 0.444 e. The summed E-state index contributed by atoms with van der Waals surface area (Å²) in [6, 6.07) is 6.09. The highest BCUT2D eigenvalue weighted by Gasteiger charge is 2.45. The molecule has 0 spiro atoms. The molecule has 0 bridgehead atoms. The van der Waals surface area contributed by atoms with Gasteiger partial charge in [-0.3, -0.25) is 14.5 Å². The number of aliphatic hydroxyl groups is 1. The van der Waals surface area contributed by atoms with Crippen molar-refractivity contribution in [3.05, 3.63) is 35.4 Å². The maximum atomic E-state index is 12.6. The summed E-state index contributed by atoms with van der Waals surface area (Å²) in [5.74, 6) is -0.558. The van der Waals surface area contributed by atoms with E-state index in [4.69, 9.17) is 9.47 Å². The van der Waals surface area contributed by atoms with Crippen LogP contribution < -0.4 is 10.6 Å². The molecule has 3 aliphatic rings. The van der Waals surface area contributed by atoms with Crippen LogP contribution in [0.2, 0.25) is 0 Å². The molecule has 2 saturated carbocycles. The molecule has 2 fully saturated rings. The predicted molar refractivity (Wildman–Crippen MR) is 141 cm³/mol. The lowest BCUT2D eigenvalue weighted by molar-refractivity contribution is 0.0431. The van der Waals surface area contributed by atoms with Gasteiger partial charge >= 0.3 is 12.2 Å². The molecule has 1 aromatic carbocycles. The van der Waals surface area contributed by atoms with Gasteiger partial charge in [0, 0.05) is 0 Å². The molecular weight excluding hydrogens is 490 g/mol. The van der Waals surface area contributed by atoms with E-state index in [-0.39, 0.29) is 29.9 Å². The van der Waals surface area contributed by atoms with Gasteiger partial charge in [0.05, 0.1) is 35.4 Å². The number of benzene rings is 1. The molecule has 4 atom stereocenters. The van der Waals surface area contributed by atoms with Gasteiger partial charge in [-0.2, -0.15) is 0 Å². The third-order valence-electron chi connectivity index (χ3n) is 6.52. The van der Waals surface area contributed by atoms with Gasteiger partial charge in [-0.15, -0.1) is 0 Å². The van der Waals surface area contributed by atoms with Gasteiger partial charge in [-0.05, 0) is 92.2 Å². The summed E-state index contributed by atoms with van der Waals surface area (Å²) in [6.07, 6.45) is 3.44. The van der Waals surface area contributed by atoms with Crippen molar-refractivity contribution in [2.45, 2.75) is 115 Å². The number of hydrogen-bond donors (Lipinski definition) is 3. The van der Waals surface area contributed by atoms with E-state index in [0.29, 0.717) is 17.5 Å². The first-order chi connectivity index (χ1) is 17.7. The fourth-order valence-electron chi connectivity index (χ4n) is 4.95. The van der Waals surface area contributed by atoms with E-state index in [1.807, 2.05) is 20.8 Å². The highest BCUT2D eigenvalue weighted by Crippen LogP contribution is 2.32. The topological polar surface area (TPSA) is 134 Å². The number of nitrogens with one attached hydrogen (secondary N) is 2. The van der Waals surface area contributed by atoms with E-state index in [9.17, 15) is 24.3 Å². The quantitative estimate of drug-likeness (QED) is 0.499. The van der Waals surface area contributed by atoms with E-state index in [0.717, 1.165) is 32.1 Å². The van der Waals surface area contributed by atoms with E-state index in [1.165, 1.54) is 4.90 Å². The molecule has 0 saturated heterocycles. The summed E-state index contributed by atoms with van der Waals surface area (Å²) >= 11 is 0. The lowest BCUT2D eigenvalue weighted by Crippen LogP contribution is -2.51. The van der Waals surface area contributed by atoms with Crippen LogP contribution in [0.1, 0.15) is 101 Å². The molecule has 0 aromatic heterocycles. The van der Waals surface area contributed by atoms with Gasteiger partial charge < -0.3 is 25.2 Å². The second-order valence-corrected chi connectivity index (χ2v) is 12.0. The van der Waals surface area contributed by atoms with E-state index in [2.05, 4.69) is 10.6 Å². The number of carbonyl (C=O) groups is 4. The molecule has 1 unspecified atom stereocenters. The number of imide groups is 1. The zero-order chi connectivity index (χ0) is 28.3. The Morgan fingerprint density at radius 2 is 1.24 bits per heavy atom. The SMILES string of the molecule is CC(C)(C)OC(=O)N[C@H]1CCCC1N1C(=O)c2ccccc2C1=O.CC(C)(C)OC(=O)N[C@H]1CCC[C@@H]1O. The summed E-state index contributed by atoms with van der Waals surface area (Å²) < 4.78 is 10.4. The summed E-state index contributed by atoms with van der Waals surface area (Å²) in [4.78, 5) is 49.9. The molecule has 1 aliphatic heterocycles. The van der Waals surface area contributed by atoms with Crippen LogP contribution in [0.25, 0.3) is 0 Å². The first-order valence-electron chi connectivity index (χ1n) is 13.3. The molecule has 0 radical (unpaired) electrons. The van der Waals surface area contributed by atoms with Crippen molar-refractivity contribution >= 4 is 24.0 Å². The Labute approximate surface area is 224 Å². The second-order valence-electron chi connectivity index (χ2n) is 12.0. The highest BCUT2D eigenvalue weighted by atomic mass is 16.6. The van der Waals surface area contributed by atoms with Gasteiger partial charge in [0.2, 0.25) is 0 Å². The van der Waals surface area contributed by atoms with Crippen LogP contribution >= 0.6 is 0 Å². The van der Waals surface area contributed by atoms with Crippen LogP contribution in [-0.2, 0) is 9.47 Å². The van der Waals surface area contributed by atoms with Crippen molar-refractivity contribution < 1.29 is 33.8 Å². The van der Waals surface area contributed by atoms with E-state index in [1.54, 1.807) is 45.0 Å². The van der Waals surface area contributed by atoms with Crippen molar-refractivity contribution in [2.75, 3.05) is 0 Å². The number of alkyl carbamates (subject to hydrolysis) is 2. The molecule has 2 aliphatic carbocycles. The van der Waals surface area contributed by atoms with Crippen LogP contribution in [0.3, 0.4) is 0 Å². The number of fused-ring (bicyclic) bond motifs is 1. The monoisotopic (exact) mass is 531 g/mol. The number of hydrogen-bond acceptors (Lipinski definition) is 7. The van der Waals surface area contributed by atoms with Crippen molar-refractivity contribution in [3.8, 4) is 0 Å². The van der Waals surface area contributed by atoms with E-state index >= 15 is 0 Å². The Morgan fingerprint density at radius 3 is 1.68 bits per heavy atom. The number of nitrogens with zero attached hydrogens (tertiary/aromatic N) is 1. The average Bonchev–Trinajstić information content (AvgIpc) is 3.46.